The van der Waals surface area contributed by atoms with Crippen molar-refractivity contribution in [3.8, 4) is 5.75 Å². The third kappa shape index (κ3) is 6.92. The van der Waals surface area contributed by atoms with Crippen LogP contribution in [0.3, 0.4) is 0 Å². The normalized spacial score (nSPS) is 10.5. The van der Waals surface area contributed by atoms with Crippen LogP contribution in [0.2, 0.25) is 0 Å². The van der Waals surface area contributed by atoms with Crippen LogP contribution in [0, 0.1) is 5.41 Å². The third-order valence-corrected chi connectivity index (χ3v) is 4.86. The van der Waals surface area contributed by atoms with Crippen molar-refractivity contribution < 1.29 is 13.2 Å². The number of sulfone groups is 1. The van der Waals surface area contributed by atoms with E-state index in [0.717, 1.165) is 16.9 Å². The zero-order valence-corrected chi connectivity index (χ0v) is 16.7. The van der Waals surface area contributed by atoms with Crippen molar-refractivity contribution >= 4 is 15.5 Å². The molecule has 0 bridgehead atoms. The molecule has 1 N–H and O–H groups in total. The van der Waals surface area contributed by atoms with Gasteiger partial charge in [-0.25, -0.2) is 8.42 Å². The highest BCUT2D eigenvalue weighted by Crippen LogP contribution is 2.15. The fourth-order valence-corrected chi connectivity index (χ4v) is 2.96. The molecule has 0 saturated heterocycles. The van der Waals surface area contributed by atoms with Crippen molar-refractivity contribution in [1.82, 2.24) is 10.2 Å². The molecule has 28 heavy (non-hydrogen) atoms. The predicted molar refractivity (Wildman–Crippen MR) is 110 cm³/mol. The summed E-state index contributed by atoms with van der Waals surface area (Å²) in [4.78, 5) is 0.295. The van der Waals surface area contributed by atoms with Gasteiger partial charge in [0.2, 0.25) is 0 Å². The Hall–Kier alpha value is -3.06. The molecule has 0 unspecified atom stereocenters. The average Bonchev–Trinajstić information content (AvgIpc) is 2.70. The fourth-order valence-electron chi connectivity index (χ4n) is 2.33. The standard InChI is InChI=1S/C17H19NO3S.C4H4N2/c1-3-21-15-8-6-14(7-9-15)17(18)12-13-4-10-16(11-5-13)22(2,19)20;1-2-4-6-5-3-1/h4-11,18H,3,12H2,1-2H3;1-4H. The fraction of sp³-hybridized carbons (Fsp3) is 0.190. The SMILES string of the molecule is CCOc1ccc(C(=N)Cc2ccc(S(C)(=O)=O)cc2)cc1.c1ccnnc1. The van der Waals surface area contributed by atoms with Gasteiger partial charge in [-0.15, -0.1) is 0 Å². The Bertz CT molecular complexity index is 945. The van der Waals surface area contributed by atoms with E-state index < -0.39 is 9.84 Å². The molecule has 0 spiro atoms. The van der Waals surface area contributed by atoms with Crippen molar-refractivity contribution in [3.05, 3.63) is 84.2 Å². The van der Waals surface area contributed by atoms with Crippen LogP contribution in [0.5, 0.6) is 5.75 Å². The van der Waals surface area contributed by atoms with Gasteiger partial charge in [-0.05, 0) is 66.6 Å². The highest BCUT2D eigenvalue weighted by Gasteiger charge is 2.08. The number of hydrogen-bond donors (Lipinski definition) is 1. The van der Waals surface area contributed by atoms with E-state index in [0.29, 0.717) is 23.6 Å². The number of ether oxygens (including phenoxy) is 1. The molecule has 146 valence electrons. The summed E-state index contributed by atoms with van der Waals surface area (Å²) in [7, 11) is -3.18. The number of nitrogens with zero attached hydrogens (tertiary/aromatic N) is 2. The minimum absolute atomic E-state index is 0.295. The number of hydrogen-bond acceptors (Lipinski definition) is 6. The lowest BCUT2D eigenvalue weighted by atomic mass is 10.0. The van der Waals surface area contributed by atoms with E-state index in [1.54, 1.807) is 36.7 Å². The van der Waals surface area contributed by atoms with Gasteiger partial charge in [0.1, 0.15) is 5.75 Å². The molecule has 0 aliphatic heterocycles. The van der Waals surface area contributed by atoms with Crippen LogP contribution in [0.4, 0.5) is 0 Å². The van der Waals surface area contributed by atoms with Gasteiger partial charge in [0.15, 0.2) is 9.84 Å². The second kappa shape index (κ2) is 10.3. The molecule has 7 heteroatoms. The first kappa shape index (κ1) is 21.2. The van der Waals surface area contributed by atoms with Crippen molar-refractivity contribution in [2.45, 2.75) is 18.2 Å². The summed E-state index contributed by atoms with van der Waals surface area (Å²) < 4.78 is 28.2. The topological polar surface area (TPSA) is 93.0 Å². The zero-order chi connectivity index (χ0) is 20.4. The molecule has 0 atom stereocenters. The predicted octanol–water partition coefficient (Wildman–Crippen LogP) is 3.58. The van der Waals surface area contributed by atoms with Gasteiger partial charge in [-0.2, -0.15) is 10.2 Å². The molecule has 3 rings (SSSR count). The molecule has 0 fully saturated rings. The summed E-state index contributed by atoms with van der Waals surface area (Å²) >= 11 is 0. The molecule has 6 nitrogen and oxygen atoms in total. The van der Waals surface area contributed by atoms with Crippen LogP contribution in [0.15, 0.2) is 78.0 Å². The molecular formula is C21H23N3O3S. The van der Waals surface area contributed by atoms with Gasteiger partial charge in [-0.3, -0.25) is 0 Å². The van der Waals surface area contributed by atoms with E-state index in [1.807, 2.05) is 43.3 Å². The van der Waals surface area contributed by atoms with Crippen molar-refractivity contribution in [1.29, 1.82) is 5.41 Å². The van der Waals surface area contributed by atoms with E-state index in [9.17, 15) is 8.42 Å². The number of rotatable bonds is 6. The van der Waals surface area contributed by atoms with Crippen molar-refractivity contribution in [3.63, 3.8) is 0 Å². The van der Waals surface area contributed by atoms with Crippen molar-refractivity contribution in [2.24, 2.45) is 0 Å². The van der Waals surface area contributed by atoms with Crippen LogP contribution < -0.4 is 4.74 Å². The minimum Gasteiger partial charge on any atom is -0.494 e. The van der Waals surface area contributed by atoms with Crippen LogP contribution in [-0.4, -0.2) is 37.2 Å². The van der Waals surface area contributed by atoms with Gasteiger partial charge >= 0.3 is 0 Å². The van der Waals surface area contributed by atoms with E-state index >= 15 is 0 Å². The molecule has 0 radical (unpaired) electrons. The van der Waals surface area contributed by atoms with Gasteiger partial charge in [0.05, 0.1) is 11.5 Å². The lowest BCUT2D eigenvalue weighted by Gasteiger charge is -2.07. The van der Waals surface area contributed by atoms with Gasteiger partial charge < -0.3 is 10.1 Å². The first-order valence-corrected chi connectivity index (χ1v) is 10.6. The summed E-state index contributed by atoms with van der Waals surface area (Å²) in [5.74, 6) is 0.788. The molecule has 0 aliphatic rings. The summed E-state index contributed by atoms with van der Waals surface area (Å²) in [5.41, 5.74) is 2.22. The summed E-state index contributed by atoms with van der Waals surface area (Å²) in [6.07, 6.45) is 4.92. The Morgan fingerprint density at radius 1 is 0.964 bits per heavy atom. The smallest absolute Gasteiger partial charge is 0.175 e. The number of aromatic nitrogens is 2. The maximum Gasteiger partial charge on any atom is 0.175 e. The van der Waals surface area contributed by atoms with E-state index in [2.05, 4.69) is 10.2 Å². The quantitative estimate of drug-likeness (QED) is 0.642. The van der Waals surface area contributed by atoms with Crippen molar-refractivity contribution in [2.75, 3.05) is 12.9 Å². The first-order valence-electron chi connectivity index (χ1n) is 8.71. The first-order chi connectivity index (χ1) is 13.4. The summed E-state index contributed by atoms with van der Waals surface area (Å²) in [6.45, 7) is 2.54. The molecule has 0 amide bonds. The highest BCUT2D eigenvalue weighted by molar-refractivity contribution is 7.90. The Morgan fingerprint density at radius 3 is 1.96 bits per heavy atom. The van der Waals surface area contributed by atoms with E-state index in [1.165, 1.54) is 6.26 Å². The van der Waals surface area contributed by atoms with Crippen LogP contribution >= 0.6 is 0 Å². The van der Waals surface area contributed by atoms with Crippen LogP contribution in [0.25, 0.3) is 0 Å². The van der Waals surface area contributed by atoms with Crippen LogP contribution in [0.1, 0.15) is 18.1 Å². The zero-order valence-electron chi connectivity index (χ0n) is 15.9. The molecule has 1 heterocycles. The molecule has 1 aromatic heterocycles. The second-order valence-corrected chi connectivity index (χ2v) is 7.96. The second-order valence-electron chi connectivity index (χ2n) is 5.94. The summed E-state index contributed by atoms with van der Waals surface area (Å²) in [6, 6.07) is 17.7. The van der Waals surface area contributed by atoms with Crippen LogP contribution in [-0.2, 0) is 16.3 Å². The average molecular weight is 398 g/mol. The highest BCUT2D eigenvalue weighted by atomic mass is 32.2. The van der Waals surface area contributed by atoms with Gasteiger partial charge in [-0.1, -0.05) is 12.1 Å². The molecule has 0 saturated carbocycles. The van der Waals surface area contributed by atoms with E-state index in [4.69, 9.17) is 10.1 Å². The molecule has 2 aromatic carbocycles. The molecule has 3 aromatic rings. The monoisotopic (exact) mass is 397 g/mol. The minimum atomic E-state index is -3.18. The lowest BCUT2D eigenvalue weighted by Crippen LogP contribution is -2.04. The Labute approximate surface area is 165 Å². The van der Waals surface area contributed by atoms with Gasteiger partial charge in [0.25, 0.3) is 0 Å². The molecular weight excluding hydrogens is 374 g/mol. The largest absolute Gasteiger partial charge is 0.494 e. The van der Waals surface area contributed by atoms with E-state index in [-0.39, 0.29) is 0 Å². The maximum atomic E-state index is 11.4. The number of nitrogens with one attached hydrogen (secondary N) is 1. The maximum absolute atomic E-state index is 11.4. The number of benzene rings is 2. The Kier molecular flexibility index (Phi) is 7.83. The molecule has 0 aliphatic carbocycles. The Morgan fingerprint density at radius 2 is 1.54 bits per heavy atom. The summed E-state index contributed by atoms with van der Waals surface area (Å²) in [5, 5.41) is 15.2. The van der Waals surface area contributed by atoms with Gasteiger partial charge in [0, 0.05) is 30.8 Å². The lowest BCUT2D eigenvalue weighted by molar-refractivity contribution is 0.340. The third-order valence-electron chi connectivity index (χ3n) is 3.73. The Balaban J connectivity index is 0.000000397.